The molecule has 1 amide bonds. The van der Waals surface area contributed by atoms with Crippen LogP contribution in [0.2, 0.25) is 0 Å². The van der Waals surface area contributed by atoms with Crippen LogP contribution in [0.1, 0.15) is 0 Å². The lowest BCUT2D eigenvalue weighted by Crippen LogP contribution is -2.58. The van der Waals surface area contributed by atoms with Gasteiger partial charge < -0.3 is 15.1 Å². The predicted molar refractivity (Wildman–Crippen MR) is 65.5 cm³/mol. The van der Waals surface area contributed by atoms with Gasteiger partial charge in [0, 0.05) is 46.8 Å². The van der Waals surface area contributed by atoms with Gasteiger partial charge in [-0.25, -0.2) is 0 Å². The van der Waals surface area contributed by atoms with Crippen LogP contribution in [0.4, 0.5) is 0 Å². The first-order valence-electron chi connectivity index (χ1n) is 5.83. The lowest BCUT2D eigenvalue weighted by atomic mass is 10.1. The van der Waals surface area contributed by atoms with Crippen molar-refractivity contribution in [3.63, 3.8) is 0 Å². The minimum absolute atomic E-state index is 0.00343. The summed E-state index contributed by atoms with van der Waals surface area (Å²) in [7, 11) is 7.76. The number of nitrogens with one attached hydrogen (secondary N) is 1. The van der Waals surface area contributed by atoms with Gasteiger partial charge in [-0.2, -0.15) is 0 Å². The Morgan fingerprint density at radius 3 is 2.62 bits per heavy atom. The highest BCUT2D eigenvalue weighted by atomic mass is 16.2. The minimum atomic E-state index is 0.00343. The summed E-state index contributed by atoms with van der Waals surface area (Å²) in [5.41, 5.74) is 0. The van der Waals surface area contributed by atoms with Crippen LogP contribution in [0.3, 0.4) is 0 Å². The molecule has 16 heavy (non-hydrogen) atoms. The zero-order chi connectivity index (χ0) is 12.1. The molecule has 1 aliphatic rings. The number of hydrogen-bond acceptors (Lipinski definition) is 4. The van der Waals surface area contributed by atoms with Gasteiger partial charge in [-0.3, -0.25) is 9.69 Å². The summed E-state index contributed by atoms with van der Waals surface area (Å²) in [6.07, 6.45) is 0. The van der Waals surface area contributed by atoms with Crippen molar-refractivity contribution in [2.45, 2.75) is 6.04 Å². The Balaban J connectivity index is 2.53. The summed E-state index contributed by atoms with van der Waals surface area (Å²) in [5, 5.41) is 3.29. The highest BCUT2D eigenvalue weighted by Gasteiger charge is 2.29. The average Bonchev–Trinajstić information content (AvgIpc) is 2.25. The van der Waals surface area contributed by atoms with Crippen LogP contribution in [0, 0.1) is 0 Å². The van der Waals surface area contributed by atoms with E-state index in [0.29, 0.717) is 0 Å². The van der Waals surface area contributed by atoms with Gasteiger partial charge in [0.15, 0.2) is 0 Å². The van der Waals surface area contributed by atoms with E-state index in [9.17, 15) is 4.79 Å². The van der Waals surface area contributed by atoms with Crippen LogP contribution in [-0.4, -0.2) is 87.6 Å². The zero-order valence-electron chi connectivity index (χ0n) is 10.9. The second-order valence-electron chi connectivity index (χ2n) is 4.79. The third kappa shape index (κ3) is 3.73. The number of likely N-dealkylation sites (N-methyl/N-ethyl adjacent to an activating group) is 2. The molecule has 0 radical (unpaired) electrons. The van der Waals surface area contributed by atoms with Crippen molar-refractivity contribution in [3.8, 4) is 0 Å². The van der Waals surface area contributed by atoms with E-state index in [2.05, 4.69) is 29.2 Å². The van der Waals surface area contributed by atoms with E-state index >= 15 is 0 Å². The standard InChI is InChI=1S/C11H24N4O/c1-13(2)7-8-15-6-5-12-9-10(15)11(16)14(3)4/h10,12H,5-9H2,1-4H3. The summed E-state index contributed by atoms with van der Waals surface area (Å²) in [5.74, 6) is 0.200. The molecule has 5 heteroatoms. The second-order valence-corrected chi connectivity index (χ2v) is 4.79. The molecule has 1 atom stereocenters. The van der Waals surface area contributed by atoms with Gasteiger partial charge >= 0.3 is 0 Å². The van der Waals surface area contributed by atoms with E-state index < -0.39 is 0 Å². The van der Waals surface area contributed by atoms with Gasteiger partial charge in [-0.05, 0) is 14.1 Å². The van der Waals surface area contributed by atoms with Gasteiger partial charge in [0.2, 0.25) is 5.91 Å². The fourth-order valence-corrected chi connectivity index (χ4v) is 1.88. The number of hydrogen-bond donors (Lipinski definition) is 1. The quantitative estimate of drug-likeness (QED) is 0.664. The molecule has 94 valence electrons. The van der Waals surface area contributed by atoms with Crippen molar-refractivity contribution >= 4 is 5.91 Å². The Morgan fingerprint density at radius 1 is 1.38 bits per heavy atom. The maximum absolute atomic E-state index is 12.0. The SMILES string of the molecule is CN(C)CCN1CCNCC1C(=O)N(C)C. The topological polar surface area (TPSA) is 38.8 Å². The van der Waals surface area contributed by atoms with E-state index in [0.717, 1.165) is 32.7 Å². The maximum Gasteiger partial charge on any atom is 0.240 e. The molecule has 0 saturated carbocycles. The van der Waals surface area contributed by atoms with Crippen LogP contribution < -0.4 is 5.32 Å². The third-order valence-electron chi connectivity index (χ3n) is 2.91. The first kappa shape index (κ1) is 13.4. The van der Waals surface area contributed by atoms with E-state index in [1.165, 1.54) is 0 Å². The number of nitrogens with zero attached hydrogens (tertiary/aromatic N) is 3. The Kier molecular flexibility index (Phi) is 5.18. The molecule has 1 heterocycles. The first-order valence-corrected chi connectivity index (χ1v) is 5.83. The van der Waals surface area contributed by atoms with Gasteiger partial charge in [0.25, 0.3) is 0 Å². The average molecular weight is 228 g/mol. The lowest BCUT2D eigenvalue weighted by Gasteiger charge is -2.36. The molecule has 1 rings (SSSR count). The first-order chi connectivity index (χ1) is 7.52. The van der Waals surface area contributed by atoms with Gasteiger partial charge in [-0.1, -0.05) is 0 Å². The molecule has 0 aromatic rings. The largest absolute Gasteiger partial charge is 0.347 e. The van der Waals surface area contributed by atoms with Crippen LogP contribution >= 0.6 is 0 Å². The Bertz CT molecular complexity index is 230. The minimum Gasteiger partial charge on any atom is -0.347 e. The summed E-state index contributed by atoms with van der Waals surface area (Å²) < 4.78 is 0. The van der Waals surface area contributed by atoms with E-state index in [1.54, 1.807) is 4.90 Å². The molecule has 0 aromatic heterocycles. The van der Waals surface area contributed by atoms with Crippen LogP contribution in [0.15, 0.2) is 0 Å². The molecular weight excluding hydrogens is 204 g/mol. The molecule has 1 fully saturated rings. The fourth-order valence-electron chi connectivity index (χ4n) is 1.88. The van der Waals surface area contributed by atoms with E-state index in [-0.39, 0.29) is 11.9 Å². The van der Waals surface area contributed by atoms with E-state index in [4.69, 9.17) is 0 Å². The summed E-state index contributed by atoms with van der Waals surface area (Å²) >= 11 is 0. The van der Waals surface area contributed by atoms with Crippen molar-refractivity contribution in [3.05, 3.63) is 0 Å². The Labute approximate surface area is 98.4 Å². The summed E-state index contributed by atoms with van der Waals surface area (Å²) in [6, 6.07) is 0.00343. The van der Waals surface area contributed by atoms with Crippen molar-refractivity contribution < 1.29 is 4.79 Å². The molecule has 1 aliphatic heterocycles. The fraction of sp³-hybridized carbons (Fsp3) is 0.909. The highest BCUT2D eigenvalue weighted by molar-refractivity contribution is 5.81. The molecule has 0 aliphatic carbocycles. The maximum atomic E-state index is 12.0. The predicted octanol–water partition coefficient (Wildman–Crippen LogP) is -1.09. The van der Waals surface area contributed by atoms with Crippen molar-refractivity contribution in [2.75, 3.05) is 60.9 Å². The van der Waals surface area contributed by atoms with Gasteiger partial charge in [0.05, 0.1) is 0 Å². The molecule has 5 nitrogen and oxygen atoms in total. The summed E-state index contributed by atoms with van der Waals surface area (Å²) in [4.78, 5) is 18.1. The summed E-state index contributed by atoms with van der Waals surface area (Å²) in [6.45, 7) is 4.66. The van der Waals surface area contributed by atoms with Crippen molar-refractivity contribution in [1.82, 2.24) is 20.0 Å². The van der Waals surface area contributed by atoms with Crippen LogP contribution in [0.25, 0.3) is 0 Å². The number of rotatable bonds is 4. The van der Waals surface area contributed by atoms with Gasteiger partial charge in [-0.15, -0.1) is 0 Å². The van der Waals surface area contributed by atoms with Gasteiger partial charge in [0.1, 0.15) is 6.04 Å². The zero-order valence-corrected chi connectivity index (χ0v) is 10.9. The smallest absolute Gasteiger partial charge is 0.240 e. The molecule has 1 unspecified atom stereocenters. The molecule has 0 bridgehead atoms. The number of amides is 1. The number of carbonyl (C=O) groups excluding carboxylic acids is 1. The molecule has 0 spiro atoms. The highest BCUT2D eigenvalue weighted by Crippen LogP contribution is 2.05. The third-order valence-corrected chi connectivity index (χ3v) is 2.91. The van der Waals surface area contributed by atoms with Crippen molar-refractivity contribution in [1.29, 1.82) is 0 Å². The van der Waals surface area contributed by atoms with Crippen LogP contribution in [0.5, 0.6) is 0 Å². The Hall–Kier alpha value is -0.650. The van der Waals surface area contributed by atoms with E-state index in [1.807, 2.05) is 14.1 Å². The van der Waals surface area contributed by atoms with Crippen LogP contribution in [-0.2, 0) is 4.79 Å². The normalized spacial score (nSPS) is 22.4. The molecule has 1 N–H and O–H groups in total. The molecule has 1 saturated heterocycles. The number of carbonyl (C=O) groups is 1. The Morgan fingerprint density at radius 2 is 2.06 bits per heavy atom. The monoisotopic (exact) mass is 228 g/mol. The molecule has 0 aromatic carbocycles. The molecular formula is C11H24N4O. The second kappa shape index (κ2) is 6.18. The number of piperazine rings is 1. The van der Waals surface area contributed by atoms with Crippen molar-refractivity contribution in [2.24, 2.45) is 0 Å². The lowest BCUT2D eigenvalue weighted by molar-refractivity contribution is -0.135.